The maximum absolute atomic E-state index is 3.57. The average Bonchev–Trinajstić information content (AvgIpc) is 2.58. The molecule has 0 spiro atoms. The van der Waals surface area contributed by atoms with E-state index in [1.54, 1.807) is 0 Å². The Labute approximate surface area is 124 Å². The Balaban J connectivity index is 2.32. The highest BCUT2D eigenvalue weighted by Gasteiger charge is 2.29. The first kappa shape index (κ1) is 15.5. The molecular formula is C17H29N3. The van der Waals surface area contributed by atoms with Crippen LogP contribution in [-0.4, -0.2) is 56.6 Å². The van der Waals surface area contributed by atoms with Crippen LogP contribution in [0.1, 0.15) is 29.2 Å². The van der Waals surface area contributed by atoms with Crippen molar-refractivity contribution in [3.05, 3.63) is 34.9 Å². The maximum Gasteiger partial charge on any atom is 0.0490 e. The molecule has 2 atom stereocenters. The number of benzene rings is 1. The van der Waals surface area contributed by atoms with Crippen LogP contribution in [0.5, 0.6) is 0 Å². The fourth-order valence-electron chi connectivity index (χ4n) is 3.33. The zero-order valence-corrected chi connectivity index (χ0v) is 13.6. The molecule has 1 aliphatic rings. The van der Waals surface area contributed by atoms with Gasteiger partial charge in [-0.1, -0.05) is 18.2 Å². The van der Waals surface area contributed by atoms with Crippen LogP contribution >= 0.6 is 0 Å². The molecule has 0 bridgehead atoms. The van der Waals surface area contributed by atoms with Gasteiger partial charge in [0.25, 0.3) is 0 Å². The summed E-state index contributed by atoms with van der Waals surface area (Å²) in [7, 11) is 6.59. The Bertz CT molecular complexity index is 444. The number of hydrogen-bond acceptors (Lipinski definition) is 3. The van der Waals surface area contributed by atoms with Gasteiger partial charge in [-0.2, -0.15) is 0 Å². The Kier molecular flexibility index (Phi) is 5.19. The molecule has 20 heavy (non-hydrogen) atoms. The van der Waals surface area contributed by atoms with E-state index in [9.17, 15) is 0 Å². The summed E-state index contributed by atoms with van der Waals surface area (Å²) in [5, 5.41) is 3.57. The largest absolute Gasteiger partial charge is 0.312 e. The Morgan fingerprint density at radius 1 is 1.20 bits per heavy atom. The fourth-order valence-corrected chi connectivity index (χ4v) is 3.33. The third-order valence-corrected chi connectivity index (χ3v) is 4.79. The van der Waals surface area contributed by atoms with Crippen LogP contribution in [0.2, 0.25) is 0 Å². The summed E-state index contributed by atoms with van der Waals surface area (Å²) < 4.78 is 0. The lowest BCUT2D eigenvalue weighted by molar-refractivity contribution is 0.182. The minimum absolute atomic E-state index is 0.389. The summed E-state index contributed by atoms with van der Waals surface area (Å²) in [6, 6.07) is 7.58. The Morgan fingerprint density at radius 3 is 2.65 bits per heavy atom. The van der Waals surface area contributed by atoms with Crippen LogP contribution < -0.4 is 5.32 Å². The van der Waals surface area contributed by atoms with Gasteiger partial charge < -0.3 is 15.1 Å². The van der Waals surface area contributed by atoms with Gasteiger partial charge in [0, 0.05) is 18.6 Å². The summed E-state index contributed by atoms with van der Waals surface area (Å²) in [6.45, 7) is 7.95. The molecule has 1 saturated heterocycles. The summed E-state index contributed by atoms with van der Waals surface area (Å²) >= 11 is 0. The zero-order chi connectivity index (χ0) is 14.7. The molecule has 1 N–H and O–H groups in total. The Morgan fingerprint density at radius 2 is 1.95 bits per heavy atom. The SMILES string of the molecule is CNC(c1cccc(C)c1C)C1CN(C)CCCN1C. The number of likely N-dealkylation sites (N-methyl/N-ethyl adjacent to an activating group) is 3. The summed E-state index contributed by atoms with van der Waals surface area (Å²) in [6.07, 6.45) is 1.26. The average molecular weight is 275 g/mol. The topological polar surface area (TPSA) is 18.5 Å². The van der Waals surface area contributed by atoms with E-state index in [2.05, 4.69) is 68.3 Å². The molecule has 1 aromatic carbocycles. The monoisotopic (exact) mass is 275 g/mol. The molecule has 1 fully saturated rings. The summed E-state index contributed by atoms with van der Waals surface area (Å²) in [4.78, 5) is 4.98. The van der Waals surface area contributed by atoms with E-state index in [0.717, 1.165) is 6.54 Å². The fraction of sp³-hybridized carbons (Fsp3) is 0.647. The van der Waals surface area contributed by atoms with E-state index >= 15 is 0 Å². The second-order valence-corrected chi connectivity index (χ2v) is 6.22. The lowest BCUT2D eigenvalue weighted by atomic mass is 9.92. The minimum Gasteiger partial charge on any atom is -0.312 e. The van der Waals surface area contributed by atoms with E-state index in [-0.39, 0.29) is 0 Å². The molecule has 112 valence electrons. The normalized spacial score (nSPS) is 23.6. The minimum atomic E-state index is 0.389. The number of nitrogens with one attached hydrogen (secondary N) is 1. The number of nitrogens with zero attached hydrogens (tertiary/aromatic N) is 2. The molecule has 0 aromatic heterocycles. The molecule has 0 saturated carbocycles. The lowest BCUT2D eigenvalue weighted by Gasteiger charge is -2.35. The van der Waals surface area contributed by atoms with Gasteiger partial charge in [0.15, 0.2) is 0 Å². The molecule has 2 rings (SSSR count). The maximum atomic E-state index is 3.57. The molecule has 0 radical (unpaired) electrons. The smallest absolute Gasteiger partial charge is 0.0490 e. The quantitative estimate of drug-likeness (QED) is 0.912. The predicted octanol–water partition coefficient (Wildman–Crippen LogP) is 2.20. The van der Waals surface area contributed by atoms with Gasteiger partial charge in [-0.3, -0.25) is 0 Å². The Hall–Kier alpha value is -0.900. The first-order valence-corrected chi connectivity index (χ1v) is 7.66. The summed E-state index contributed by atoms with van der Waals surface area (Å²) in [5.41, 5.74) is 4.25. The predicted molar refractivity (Wildman–Crippen MR) is 86.2 cm³/mol. The van der Waals surface area contributed by atoms with Crippen LogP contribution in [0.4, 0.5) is 0 Å². The van der Waals surface area contributed by atoms with Gasteiger partial charge in [-0.15, -0.1) is 0 Å². The molecule has 3 nitrogen and oxygen atoms in total. The van der Waals surface area contributed by atoms with Crippen LogP contribution in [-0.2, 0) is 0 Å². The van der Waals surface area contributed by atoms with Gasteiger partial charge in [-0.05, 0) is 71.2 Å². The van der Waals surface area contributed by atoms with Gasteiger partial charge >= 0.3 is 0 Å². The van der Waals surface area contributed by atoms with E-state index < -0.39 is 0 Å². The number of rotatable bonds is 3. The number of hydrogen-bond donors (Lipinski definition) is 1. The first-order valence-electron chi connectivity index (χ1n) is 7.66. The van der Waals surface area contributed by atoms with Gasteiger partial charge in [0.1, 0.15) is 0 Å². The van der Waals surface area contributed by atoms with E-state index in [1.807, 2.05) is 0 Å². The standard InChI is InChI=1S/C17H29N3/c1-13-8-6-9-15(14(13)2)17(18-3)16-12-19(4)10-7-11-20(16)5/h6,8-9,16-18H,7,10-12H2,1-5H3. The highest BCUT2D eigenvalue weighted by Crippen LogP contribution is 2.26. The van der Waals surface area contributed by atoms with Crippen molar-refractivity contribution in [2.75, 3.05) is 40.8 Å². The molecule has 3 heteroatoms. The summed E-state index contributed by atoms with van der Waals surface area (Å²) in [5.74, 6) is 0. The van der Waals surface area contributed by atoms with Crippen molar-refractivity contribution < 1.29 is 0 Å². The van der Waals surface area contributed by atoms with Crippen molar-refractivity contribution in [1.29, 1.82) is 0 Å². The van der Waals surface area contributed by atoms with Crippen molar-refractivity contribution in [1.82, 2.24) is 15.1 Å². The van der Waals surface area contributed by atoms with Crippen LogP contribution in [0.3, 0.4) is 0 Å². The molecule has 0 aliphatic carbocycles. The van der Waals surface area contributed by atoms with Crippen LogP contribution in [0.25, 0.3) is 0 Å². The first-order chi connectivity index (χ1) is 9.54. The van der Waals surface area contributed by atoms with E-state index in [0.29, 0.717) is 12.1 Å². The second kappa shape index (κ2) is 6.70. The molecule has 1 heterocycles. The van der Waals surface area contributed by atoms with Gasteiger partial charge in [0.05, 0.1) is 0 Å². The zero-order valence-electron chi connectivity index (χ0n) is 13.6. The van der Waals surface area contributed by atoms with Crippen molar-refractivity contribution >= 4 is 0 Å². The van der Waals surface area contributed by atoms with Crippen molar-refractivity contribution in [2.24, 2.45) is 0 Å². The van der Waals surface area contributed by atoms with Gasteiger partial charge in [0.2, 0.25) is 0 Å². The number of aryl methyl sites for hydroxylation is 1. The van der Waals surface area contributed by atoms with E-state index in [1.165, 1.54) is 36.2 Å². The highest BCUT2D eigenvalue weighted by molar-refractivity contribution is 5.36. The van der Waals surface area contributed by atoms with Crippen LogP contribution in [0, 0.1) is 13.8 Å². The third-order valence-electron chi connectivity index (χ3n) is 4.79. The van der Waals surface area contributed by atoms with Crippen molar-refractivity contribution in [3.63, 3.8) is 0 Å². The molecule has 1 aliphatic heterocycles. The third kappa shape index (κ3) is 3.22. The molecular weight excluding hydrogens is 246 g/mol. The van der Waals surface area contributed by atoms with Crippen molar-refractivity contribution in [2.45, 2.75) is 32.4 Å². The lowest BCUT2D eigenvalue weighted by Crippen LogP contribution is -2.46. The molecule has 2 unspecified atom stereocenters. The molecule has 0 amide bonds. The second-order valence-electron chi connectivity index (χ2n) is 6.22. The van der Waals surface area contributed by atoms with Crippen molar-refractivity contribution in [3.8, 4) is 0 Å². The van der Waals surface area contributed by atoms with Gasteiger partial charge in [-0.25, -0.2) is 0 Å². The van der Waals surface area contributed by atoms with E-state index in [4.69, 9.17) is 0 Å². The highest BCUT2D eigenvalue weighted by atomic mass is 15.2. The van der Waals surface area contributed by atoms with Crippen LogP contribution in [0.15, 0.2) is 18.2 Å². The molecule has 1 aromatic rings.